The molecule has 0 aliphatic heterocycles. The molecule has 0 saturated heterocycles. The Morgan fingerprint density at radius 3 is 2.11 bits per heavy atom. The maximum absolute atomic E-state index is 12.5. The molecule has 1 N–H and O–H groups in total. The molecule has 0 aliphatic carbocycles. The summed E-state index contributed by atoms with van der Waals surface area (Å²) in [6.07, 6.45) is -2.37. The fraction of sp³-hybridized carbons (Fsp3) is 1.00. The average Bonchev–Trinajstić information content (AvgIpc) is 2.21. The Morgan fingerprint density at radius 2 is 1.72 bits per heavy atom. The van der Waals surface area contributed by atoms with Crippen molar-refractivity contribution in [3.8, 4) is 0 Å². The van der Waals surface area contributed by atoms with Gasteiger partial charge in [-0.05, 0) is 31.8 Å². The van der Waals surface area contributed by atoms with Crippen molar-refractivity contribution in [2.75, 3.05) is 26.2 Å². The number of hydrogen-bond acceptors (Lipinski definition) is 2. The van der Waals surface area contributed by atoms with Crippen LogP contribution in [0.15, 0.2) is 0 Å². The molecule has 110 valence electrons. The molecule has 0 aromatic heterocycles. The van der Waals surface area contributed by atoms with Crippen LogP contribution in [0.1, 0.15) is 40.5 Å². The minimum atomic E-state index is -4.11. The molecule has 1 unspecified atom stereocenters. The number of rotatable bonds is 9. The van der Waals surface area contributed by atoms with Gasteiger partial charge in [0.15, 0.2) is 0 Å². The second-order valence-corrected chi connectivity index (χ2v) is 5.15. The summed E-state index contributed by atoms with van der Waals surface area (Å²) >= 11 is 0. The lowest BCUT2D eigenvalue weighted by Crippen LogP contribution is -2.47. The molecule has 1 atom stereocenters. The molecule has 0 fully saturated rings. The summed E-state index contributed by atoms with van der Waals surface area (Å²) in [6, 6.07) is 0.124. The first-order chi connectivity index (χ1) is 8.30. The number of alkyl halides is 3. The normalized spacial score (nSPS) is 14.5. The van der Waals surface area contributed by atoms with Crippen molar-refractivity contribution < 1.29 is 13.2 Å². The molecule has 0 aromatic rings. The van der Waals surface area contributed by atoms with Crippen molar-refractivity contribution in [1.82, 2.24) is 10.2 Å². The van der Waals surface area contributed by atoms with Crippen LogP contribution in [0.25, 0.3) is 0 Å². The van der Waals surface area contributed by atoms with Crippen molar-refractivity contribution in [3.05, 3.63) is 0 Å². The van der Waals surface area contributed by atoms with E-state index in [9.17, 15) is 13.2 Å². The predicted octanol–water partition coefficient (Wildman–Crippen LogP) is 3.28. The van der Waals surface area contributed by atoms with Crippen LogP contribution in [-0.2, 0) is 0 Å². The summed E-state index contributed by atoms with van der Waals surface area (Å²) < 4.78 is 37.4. The minimum absolute atomic E-state index is 0.124. The van der Waals surface area contributed by atoms with E-state index in [4.69, 9.17) is 0 Å². The van der Waals surface area contributed by atoms with Gasteiger partial charge in [0.25, 0.3) is 0 Å². The summed E-state index contributed by atoms with van der Waals surface area (Å²) in [6.45, 7) is 9.07. The van der Waals surface area contributed by atoms with Crippen molar-refractivity contribution in [2.45, 2.75) is 52.8 Å². The average molecular weight is 268 g/mol. The molecule has 5 heteroatoms. The molecule has 0 aromatic carbocycles. The zero-order valence-electron chi connectivity index (χ0n) is 12.0. The number of hydrogen-bond donors (Lipinski definition) is 1. The summed E-state index contributed by atoms with van der Waals surface area (Å²) in [5.41, 5.74) is 0. The van der Waals surface area contributed by atoms with Gasteiger partial charge in [-0.2, -0.15) is 13.2 Å². The van der Waals surface area contributed by atoms with E-state index < -0.39 is 12.7 Å². The monoisotopic (exact) mass is 268 g/mol. The van der Waals surface area contributed by atoms with E-state index in [2.05, 4.69) is 12.2 Å². The summed E-state index contributed by atoms with van der Waals surface area (Å²) in [7, 11) is 0. The molecule has 0 rings (SSSR count). The lowest BCUT2D eigenvalue weighted by molar-refractivity contribution is -0.146. The Bertz CT molecular complexity index is 205. The van der Waals surface area contributed by atoms with Gasteiger partial charge in [-0.25, -0.2) is 0 Å². The van der Waals surface area contributed by atoms with E-state index in [1.807, 2.05) is 20.8 Å². The smallest absolute Gasteiger partial charge is 0.312 e. The van der Waals surface area contributed by atoms with Crippen LogP contribution in [0, 0.1) is 5.92 Å². The number of nitrogens with zero attached hydrogens (tertiary/aromatic N) is 1. The molecule has 0 heterocycles. The third-order valence-corrected chi connectivity index (χ3v) is 2.86. The zero-order chi connectivity index (χ0) is 14.2. The van der Waals surface area contributed by atoms with Crippen molar-refractivity contribution >= 4 is 0 Å². The molecular formula is C13H27F3N2. The van der Waals surface area contributed by atoms with Gasteiger partial charge < -0.3 is 5.32 Å². The molecule has 0 bridgehead atoms. The van der Waals surface area contributed by atoms with Crippen molar-refractivity contribution in [2.24, 2.45) is 5.92 Å². The second kappa shape index (κ2) is 8.75. The number of nitrogens with one attached hydrogen (secondary N) is 1. The third kappa shape index (κ3) is 8.75. The van der Waals surface area contributed by atoms with Gasteiger partial charge in [-0.3, -0.25) is 4.90 Å². The first kappa shape index (κ1) is 17.7. The van der Waals surface area contributed by atoms with Crippen LogP contribution in [0.3, 0.4) is 0 Å². The van der Waals surface area contributed by atoms with Crippen LogP contribution < -0.4 is 5.32 Å². The summed E-state index contributed by atoms with van der Waals surface area (Å²) in [5.74, 6) is 0.337. The largest absolute Gasteiger partial charge is 0.401 e. The first-order valence-corrected chi connectivity index (χ1v) is 6.82. The molecule has 0 amide bonds. The van der Waals surface area contributed by atoms with E-state index in [0.29, 0.717) is 19.0 Å². The van der Waals surface area contributed by atoms with E-state index in [0.717, 1.165) is 19.4 Å². The van der Waals surface area contributed by atoms with E-state index >= 15 is 0 Å². The van der Waals surface area contributed by atoms with Crippen LogP contribution >= 0.6 is 0 Å². The topological polar surface area (TPSA) is 15.3 Å². The SMILES string of the molecule is CCCNC(CN(CCC)CC(F)(F)F)C(C)C. The Labute approximate surface area is 109 Å². The Hall–Kier alpha value is -0.290. The van der Waals surface area contributed by atoms with Gasteiger partial charge in [0.1, 0.15) is 0 Å². The summed E-state index contributed by atoms with van der Waals surface area (Å²) in [4.78, 5) is 1.51. The fourth-order valence-corrected chi connectivity index (χ4v) is 1.92. The highest BCUT2D eigenvalue weighted by Gasteiger charge is 2.31. The van der Waals surface area contributed by atoms with Crippen LogP contribution in [0.5, 0.6) is 0 Å². The van der Waals surface area contributed by atoms with Gasteiger partial charge in [-0.15, -0.1) is 0 Å². The Morgan fingerprint density at radius 1 is 1.11 bits per heavy atom. The van der Waals surface area contributed by atoms with Gasteiger partial charge in [0, 0.05) is 12.6 Å². The highest BCUT2D eigenvalue weighted by Crippen LogP contribution is 2.17. The van der Waals surface area contributed by atoms with Crippen molar-refractivity contribution in [1.29, 1.82) is 0 Å². The molecule has 0 spiro atoms. The van der Waals surface area contributed by atoms with Gasteiger partial charge in [-0.1, -0.05) is 27.7 Å². The van der Waals surface area contributed by atoms with Crippen LogP contribution in [0.2, 0.25) is 0 Å². The van der Waals surface area contributed by atoms with Gasteiger partial charge in [0.2, 0.25) is 0 Å². The lowest BCUT2D eigenvalue weighted by Gasteiger charge is -2.30. The Kier molecular flexibility index (Phi) is 8.61. The quantitative estimate of drug-likeness (QED) is 0.690. The second-order valence-electron chi connectivity index (χ2n) is 5.15. The van der Waals surface area contributed by atoms with Crippen LogP contribution in [0.4, 0.5) is 13.2 Å². The van der Waals surface area contributed by atoms with E-state index in [1.54, 1.807) is 0 Å². The molecule has 0 radical (unpaired) electrons. The van der Waals surface area contributed by atoms with Crippen LogP contribution in [-0.4, -0.2) is 43.3 Å². The van der Waals surface area contributed by atoms with Gasteiger partial charge >= 0.3 is 6.18 Å². The zero-order valence-corrected chi connectivity index (χ0v) is 12.0. The molecule has 0 aliphatic rings. The van der Waals surface area contributed by atoms with Crippen molar-refractivity contribution in [3.63, 3.8) is 0 Å². The maximum atomic E-state index is 12.5. The maximum Gasteiger partial charge on any atom is 0.401 e. The third-order valence-electron chi connectivity index (χ3n) is 2.86. The minimum Gasteiger partial charge on any atom is -0.312 e. The highest BCUT2D eigenvalue weighted by atomic mass is 19.4. The molecule has 0 saturated carbocycles. The molecular weight excluding hydrogens is 241 g/mol. The predicted molar refractivity (Wildman–Crippen MR) is 69.7 cm³/mol. The number of halogens is 3. The van der Waals surface area contributed by atoms with Gasteiger partial charge in [0.05, 0.1) is 6.54 Å². The lowest BCUT2D eigenvalue weighted by atomic mass is 10.0. The molecule has 18 heavy (non-hydrogen) atoms. The highest BCUT2D eigenvalue weighted by molar-refractivity contribution is 4.76. The fourth-order valence-electron chi connectivity index (χ4n) is 1.92. The first-order valence-electron chi connectivity index (χ1n) is 6.82. The standard InChI is InChI=1S/C13H27F3N2/c1-5-7-17-12(11(3)4)9-18(8-6-2)10-13(14,15)16/h11-12,17H,5-10H2,1-4H3. The molecule has 2 nitrogen and oxygen atoms in total. The summed E-state index contributed by atoms with van der Waals surface area (Å²) in [5, 5.41) is 3.33. The van der Waals surface area contributed by atoms with E-state index in [1.165, 1.54) is 4.90 Å². The van der Waals surface area contributed by atoms with E-state index in [-0.39, 0.29) is 6.04 Å². The Balaban J connectivity index is 4.40.